The molecule has 5 heteroatoms. The first-order valence-corrected chi connectivity index (χ1v) is 10.3. The lowest BCUT2D eigenvalue weighted by Crippen LogP contribution is -2.13. The van der Waals surface area contributed by atoms with Crippen LogP contribution < -0.4 is 14.2 Å². The quantitative estimate of drug-likeness (QED) is 0.190. The van der Waals surface area contributed by atoms with Crippen LogP contribution in [0.3, 0.4) is 0 Å². The Kier molecular flexibility index (Phi) is 9.78. The van der Waals surface area contributed by atoms with Gasteiger partial charge in [0.25, 0.3) is 0 Å². The molecule has 2 rings (SSSR count). The lowest BCUT2D eigenvalue weighted by Gasteiger charge is -2.17. The Morgan fingerprint density at radius 2 is 1.70 bits per heavy atom. The first-order valence-electron chi connectivity index (χ1n) is 10.3. The van der Waals surface area contributed by atoms with Crippen LogP contribution >= 0.6 is 0 Å². The second kappa shape index (κ2) is 12.6. The van der Waals surface area contributed by atoms with Crippen molar-refractivity contribution in [2.75, 3.05) is 20.3 Å². The van der Waals surface area contributed by atoms with Gasteiger partial charge in [-0.15, -0.1) is 0 Å². The van der Waals surface area contributed by atoms with Gasteiger partial charge in [-0.05, 0) is 93.6 Å². The zero-order valence-corrected chi connectivity index (χ0v) is 18.7. The molecule has 0 bridgehead atoms. The van der Waals surface area contributed by atoms with E-state index in [0.717, 1.165) is 46.8 Å². The summed E-state index contributed by atoms with van der Waals surface area (Å²) in [5.41, 5.74) is 3.15. The Bertz CT molecular complexity index is 805. The van der Waals surface area contributed by atoms with Crippen LogP contribution in [0.15, 0.2) is 53.7 Å². The van der Waals surface area contributed by atoms with E-state index in [4.69, 9.17) is 14.2 Å². The zero-order chi connectivity index (χ0) is 21.8. The van der Waals surface area contributed by atoms with Crippen molar-refractivity contribution in [1.82, 2.24) is 0 Å². The maximum atomic E-state index is 6.05. The van der Waals surface area contributed by atoms with Gasteiger partial charge in [0.15, 0.2) is 0 Å². The van der Waals surface area contributed by atoms with Crippen LogP contribution in [0.4, 0.5) is 0 Å². The van der Waals surface area contributed by atoms with Crippen LogP contribution in [0.5, 0.6) is 17.2 Å². The van der Waals surface area contributed by atoms with E-state index < -0.39 is 0 Å². The van der Waals surface area contributed by atoms with Crippen molar-refractivity contribution < 1.29 is 19.0 Å². The fourth-order valence-electron chi connectivity index (χ4n) is 3.04. The van der Waals surface area contributed by atoms with Crippen molar-refractivity contribution in [3.63, 3.8) is 0 Å². The average molecular weight is 412 g/mol. The van der Waals surface area contributed by atoms with Crippen molar-refractivity contribution >= 4 is 6.21 Å². The number of benzene rings is 2. The maximum Gasteiger partial charge on any atom is 0.125 e. The first kappa shape index (κ1) is 23.3. The Morgan fingerprint density at radius 3 is 2.33 bits per heavy atom. The van der Waals surface area contributed by atoms with E-state index in [-0.39, 0.29) is 6.10 Å². The van der Waals surface area contributed by atoms with Crippen LogP contribution in [0.25, 0.3) is 0 Å². The van der Waals surface area contributed by atoms with Crippen LogP contribution in [-0.2, 0) is 4.84 Å². The molecule has 0 saturated carbocycles. The van der Waals surface area contributed by atoms with Gasteiger partial charge in [0, 0.05) is 0 Å². The van der Waals surface area contributed by atoms with Crippen molar-refractivity contribution in [2.24, 2.45) is 5.16 Å². The smallest absolute Gasteiger partial charge is 0.125 e. The molecule has 1 unspecified atom stereocenters. The molecule has 0 saturated heterocycles. The molecule has 0 spiro atoms. The fraction of sp³-hybridized carbons (Fsp3) is 0.400. The molecule has 0 amide bonds. The summed E-state index contributed by atoms with van der Waals surface area (Å²) in [6, 6.07) is 11.8. The zero-order valence-electron chi connectivity index (χ0n) is 18.7. The third kappa shape index (κ3) is 7.82. The minimum absolute atomic E-state index is 0.108. The van der Waals surface area contributed by atoms with E-state index >= 15 is 0 Å². The number of nitrogens with zero attached hydrogens (tertiary/aromatic N) is 1. The standard InChI is InChI=1S/C25H33NO4/c1-6-7-14-28-24-16-19(2)25(20(3)17-24)29-15-8-9-21(4)30-23-12-10-22(11-13-23)18-26-27-5/h6-7,10-13,16-18,21H,8-9,14-15H2,1-5H3/b7-6+,26-18+. The summed E-state index contributed by atoms with van der Waals surface area (Å²) < 4.78 is 17.8. The van der Waals surface area contributed by atoms with E-state index in [2.05, 4.69) is 30.8 Å². The molecule has 0 fully saturated rings. The SMILES string of the molecule is C/C=C/COc1cc(C)c(OCCCC(C)Oc2ccc(/C=N/OC)cc2)c(C)c1. The lowest BCUT2D eigenvalue weighted by atomic mass is 10.1. The largest absolute Gasteiger partial charge is 0.493 e. The number of hydrogen-bond acceptors (Lipinski definition) is 5. The van der Waals surface area contributed by atoms with E-state index in [1.165, 1.54) is 7.11 Å². The molecular weight excluding hydrogens is 378 g/mol. The molecule has 0 aliphatic carbocycles. The Labute approximate surface area is 180 Å². The van der Waals surface area contributed by atoms with Gasteiger partial charge in [-0.1, -0.05) is 17.3 Å². The summed E-state index contributed by atoms with van der Waals surface area (Å²) in [5.74, 6) is 2.66. The highest BCUT2D eigenvalue weighted by Gasteiger charge is 2.09. The van der Waals surface area contributed by atoms with Gasteiger partial charge in [0.2, 0.25) is 0 Å². The molecule has 0 aliphatic heterocycles. The minimum Gasteiger partial charge on any atom is -0.493 e. The summed E-state index contributed by atoms with van der Waals surface area (Å²) in [4.78, 5) is 4.69. The molecule has 5 nitrogen and oxygen atoms in total. The third-order valence-corrected chi connectivity index (χ3v) is 4.54. The Hall–Kier alpha value is -2.95. The number of oxime groups is 1. The second-order valence-electron chi connectivity index (χ2n) is 7.17. The summed E-state index contributed by atoms with van der Waals surface area (Å²) >= 11 is 0. The van der Waals surface area contributed by atoms with Gasteiger partial charge >= 0.3 is 0 Å². The molecule has 1 atom stereocenters. The summed E-state index contributed by atoms with van der Waals surface area (Å²) in [7, 11) is 1.53. The predicted octanol–water partition coefficient (Wildman–Crippen LogP) is 5.87. The summed E-state index contributed by atoms with van der Waals surface area (Å²) in [6.07, 6.45) is 7.57. The van der Waals surface area contributed by atoms with Gasteiger partial charge in [-0.2, -0.15) is 0 Å². The normalized spacial score (nSPS) is 12.3. The Balaban J connectivity index is 1.76. The number of aryl methyl sites for hydroxylation is 2. The summed E-state index contributed by atoms with van der Waals surface area (Å²) in [6.45, 7) is 9.40. The van der Waals surface area contributed by atoms with Crippen molar-refractivity contribution in [1.29, 1.82) is 0 Å². The minimum atomic E-state index is 0.108. The van der Waals surface area contributed by atoms with Crippen LogP contribution in [0, 0.1) is 13.8 Å². The second-order valence-corrected chi connectivity index (χ2v) is 7.17. The van der Waals surface area contributed by atoms with E-state index in [9.17, 15) is 0 Å². The number of ether oxygens (including phenoxy) is 3. The first-order chi connectivity index (χ1) is 14.5. The molecule has 0 heterocycles. The van der Waals surface area contributed by atoms with Crippen molar-refractivity contribution in [2.45, 2.75) is 46.6 Å². The fourth-order valence-corrected chi connectivity index (χ4v) is 3.04. The molecule has 2 aromatic carbocycles. The van der Waals surface area contributed by atoms with Crippen LogP contribution in [0.2, 0.25) is 0 Å². The highest BCUT2D eigenvalue weighted by Crippen LogP contribution is 2.28. The Morgan fingerprint density at radius 1 is 1.00 bits per heavy atom. The highest BCUT2D eigenvalue weighted by atomic mass is 16.6. The monoisotopic (exact) mass is 411 g/mol. The molecule has 0 N–H and O–H groups in total. The molecule has 162 valence electrons. The topological polar surface area (TPSA) is 49.3 Å². The molecule has 30 heavy (non-hydrogen) atoms. The number of hydrogen-bond donors (Lipinski definition) is 0. The van der Waals surface area contributed by atoms with Crippen LogP contribution in [0.1, 0.15) is 43.4 Å². The average Bonchev–Trinajstić information content (AvgIpc) is 2.72. The molecule has 0 aliphatic rings. The van der Waals surface area contributed by atoms with E-state index in [1.54, 1.807) is 6.21 Å². The predicted molar refractivity (Wildman–Crippen MR) is 122 cm³/mol. The molecule has 2 aromatic rings. The number of allylic oxidation sites excluding steroid dienone is 1. The highest BCUT2D eigenvalue weighted by molar-refractivity contribution is 5.79. The van der Waals surface area contributed by atoms with E-state index in [1.807, 2.05) is 55.5 Å². The van der Waals surface area contributed by atoms with Crippen molar-refractivity contribution in [3.8, 4) is 17.2 Å². The van der Waals surface area contributed by atoms with Gasteiger partial charge < -0.3 is 19.0 Å². The molecule has 0 radical (unpaired) electrons. The van der Waals surface area contributed by atoms with Gasteiger partial charge in [-0.25, -0.2) is 0 Å². The molecular formula is C25H33NO4. The molecule has 0 aromatic heterocycles. The van der Waals surface area contributed by atoms with Crippen molar-refractivity contribution in [3.05, 3.63) is 65.2 Å². The lowest BCUT2D eigenvalue weighted by molar-refractivity contribution is 0.193. The number of rotatable bonds is 12. The van der Waals surface area contributed by atoms with Crippen LogP contribution in [-0.4, -0.2) is 32.6 Å². The third-order valence-electron chi connectivity index (χ3n) is 4.54. The van der Waals surface area contributed by atoms with E-state index in [0.29, 0.717) is 13.2 Å². The van der Waals surface area contributed by atoms with Gasteiger partial charge in [0.05, 0.1) is 18.9 Å². The van der Waals surface area contributed by atoms with Gasteiger partial charge in [0.1, 0.15) is 31.0 Å². The maximum absolute atomic E-state index is 6.05. The summed E-state index contributed by atoms with van der Waals surface area (Å²) in [5, 5.41) is 3.75. The van der Waals surface area contributed by atoms with Gasteiger partial charge in [-0.3, -0.25) is 0 Å².